The van der Waals surface area contributed by atoms with Crippen LogP contribution in [-0.2, 0) is 9.84 Å². The van der Waals surface area contributed by atoms with Crippen molar-refractivity contribution in [2.24, 2.45) is 0 Å². The fourth-order valence-corrected chi connectivity index (χ4v) is 3.19. The van der Waals surface area contributed by atoms with Gasteiger partial charge in [-0.15, -0.1) is 11.6 Å². The molecule has 0 unspecified atom stereocenters. The Labute approximate surface area is 113 Å². The molecule has 0 saturated heterocycles. The van der Waals surface area contributed by atoms with E-state index in [1.165, 1.54) is 0 Å². The van der Waals surface area contributed by atoms with Gasteiger partial charge in [-0.1, -0.05) is 11.6 Å². The van der Waals surface area contributed by atoms with Crippen molar-refractivity contribution in [2.75, 3.05) is 11.6 Å². The van der Waals surface area contributed by atoms with Gasteiger partial charge >= 0.3 is 0 Å². The lowest BCUT2D eigenvalue weighted by Gasteiger charge is -2.05. The molecule has 5 nitrogen and oxygen atoms in total. The summed E-state index contributed by atoms with van der Waals surface area (Å²) in [5.41, 5.74) is -0.740. The Morgan fingerprint density at radius 2 is 2.00 bits per heavy atom. The summed E-state index contributed by atoms with van der Waals surface area (Å²) in [6, 6.07) is 1.24. The maximum Gasteiger partial charge on any atom is 0.289 e. The third-order valence-electron chi connectivity index (χ3n) is 2.08. The van der Waals surface area contributed by atoms with Crippen LogP contribution in [0.25, 0.3) is 0 Å². The van der Waals surface area contributed by atoms with E-state index >= 15 is 0 Å². The molecule has 0 aliphatic heterocycles. The van der Waals surface area contributed by atoms with Gasteiger partial charge in [0.1, 0.15) is 10.7 Å². The van der Waals surface area contributed by atoms with Crippen LogP contribution in [0.15, 0.2) is 17.0 Å². The van der Waals surface area contributed by atoms with E-state index < -0.39 is 41.9 Å². The van der Waals surface area contributed by atoms with Crippen LogP contribution in [0.1, 0.15) is 6.42 Å². The maximum absolute atomic E-state index is 13.2. The first-order chi connectivity index (χ1) is 8.29. The monoisotopic (exact) mass is 315 g/mol. The fourth-order valence-electron chi connectivity index (χ4n) is 1.26. The van der Waals surface area contributed by atoms with E-state index in [2.05, 4.69) is 0 Å². The number of benzene rings is 1. The topological polar surface area (TPSA) is 77.3 Å². The number of nitro groups is 1. The van der Waals surface area contributed by atoms with Gasteiger partial charge in [0.05, 0.1) is 15.7 Å². The highest BCUT2D eigenvalue weighted by atomic mass is 35.5. The van der Waals surface area contributed by atoms with Crippen LogP contribution < -0.4 is 0 Å². The lowest BCUT2D eigenvalue weighted by atomic mass is 10.3. The van der Waals surface area contributed by atoms with Gasteiger partial charge in [-0.3, -0.25) is 10.1 Å². The Hall–Kier alpha value is -0.920. The highest BCUT2D eigenvalue weighted by molar-refractivity contribution is 7.91. The normalized spacial score (nSPS) is 11.5. The van der Waals surface area contributed by atoms with Crippen molar-refractivity contribution in [3.63, 3.8) is 0 Å². The number of halogens is 3. The van der Waals surface area contributed by atoms with Crippen LogP contribution in [0, 0.1) is 15.9 Å². The first-order valence-corrected chi connectivity index (χ1v) is 7.28. The molecule has 0 radical (unpaired) electrons. The minimum absolute atomic E-state index is 0.0864. The smallest absolute Gasteiger partial charge is 0.258 e. The Kier molecular flexibility index (Phi) is 4.89. The molecule has 1 aromatic carbocycles. The molecule has 1 rings (SSSR count). The van der Waals surface area contributed by atoms with Crippen molar-refractivity contribution in [1.82, 2.24) is 0 Å². The quantitative estimate of drug-likeness (QED) is 0.475. The largest absolute Gasteiger partial charge is 0.289 e. The zero-order valence-electron chi connectivity index (χ0n) is 8.90. The molecule has 0 aliphatic rings. The third-order valence-corrected chi connectivity index (χ3v) is 4.46. The molecule has 0 spiro atoms. The summed E-state index contributed by atoms with van der Waals surface area (Å²) >= 11 is 10.7. The van der Waals surface area contributed by atoms with Gasteiger partial charge in [0.15, 0.2) is 9.84 Å². The zero-order chi connectivity index (χ0) is 13.9. The van der Waals surface area contributed by atoms with Crippen molar-refractivity contribution < 1.29 is 17.7 Å². The fraction of sp³-hybridized carbons (Fsp3) is 0.333. The number of rotatable bonds is 5. The number of sulfone groups is 1. The maximum atomic E-state index is 13.2. The summed E-state index contributed by atoms with van der Waals surface area (Å²) in [6.07, 6.45) is 0.116. The van der Waals surface area contributed by atoms with Gasteiger partial charge in [0.25, 0.3) is 5.69 Å². The summed E-state index contributed by atoms with van der Waals surface area (Å²) < 4.78 is 36.8. The lowest BCUT2D eigenvalue weighted by molar-refractivity contribution is -0.387. The van der Waals surface area contributed by atoms with Gasteiger partial charge in [0.2, 0.25) is 0 Å². The van der Waals surface area contributed by atoms with Gasteiger partial charge in [-0.25, -0.2) is 12.8 Å². The minimum Gasteiger partial charge on any atom is -0.258 e. The predicted molar refractivity (Wildman–Crippen MR) is 65.5 cm³/mol. The molecule has 0 bridgehead atoms. The Morgan fingerprint density at radius 1 is 1.39 bits per heavy atom. The average molecular weight is 316 g/mol. The van der Waals surface area contributed by atoms with E-state index in [9.17, 15) is 22.9 Å². The summed E-state index contributed by atoms with van der Waals surface area (Å²) in [7, 11) is -3.96. The molecule has 0 heterocycles. The van der Waals surface area contributed by atoms with Crippen molar-refractivity contribution >= 4 is 38.7 Å². The second-order valence-corrected chi connectivity index (χ2v) is 6.22. The molecule has 100 valence electrons. The van der Waals surface area contributed by atoms with Crippen molar-refractivity contribution in [1.29, 1.82) is 0 Å². The zero-order valence-corrected chi connectivity index (χ0v) is 11.2. The van der Waals surface area contributed by atoms with E-state index in [1.807, 2.05) is 0 Å². The molecule has 0 aromatic heterocycles. The molecular weight excluding hydrogens is 308 g/mol. The van der Waals surface area contributed by atoms with E-state index in [0.29, 0.717) is 12.1 Å². The van der Waals surface area contributed by atoms with Crippen LogP contribution in [0.5, 0.6) is 0 Å². The van der Waals surface area contributed by atoms with E-state index in [1.54, 1.807) is 0 Å². The molecule has 0 amide bonds. The Morgan fingerprint density at radius 3 is 2.50 bits per heavy atom. The molecule has 9 heteroatoms. The second-order valence-electron chi connectivity index (χ2n) is 3.35. The number of alkyl halides is 1. The molecule has 18 heavy (non-hydrogen) atoms. The standard InChI is InChI=1S/C9H8Cl2FNO4S/c10-2-1-3-18(16,17)9-5-7(12)6(11)4-8(9)13(14)15/h4-5H,1-3H2. The van der Waals surface area contributed by atoms with Crippen LogP contribution in [0.2, 0.25) is 5.02 Å². The summed E-state index contributed by atoms with van der Waals surface area (Å²) in [4.78, 5) is 9.14. The molecular formula is C9H8Cl2FNO4S. The predicted octanol–water partition coefficient (Wildman–Crippen LogP) is 2.79. The number of nitrogens with zero attached hydrogens (tertiary/aromatic N) is 1. The number of nitro benzene ring substituents is 1. The summed E-state index contributed by atoms with van der Waals surface area (Å²) in [5, 5.41) is 10.2. The molecule has 0 fully saturated rings. The van der Waals surface area contributed by atoms with Crippen molar-refractivity contribution in [3.8, 4) is 0 Å². The van der Waals surface area contributed by atoms with Gasteiger partial charge in [-0.05, 0) is 6.42 Å². The van der Waals surface area contributed by atoms with Gasteiger partial charge < -0.3 is 0 Å². The lowest BCUT2D eigenvalue weighted by Crippen LogP contribution is -2.10. The second kappa shape index (κ2) is 5.81. The molecule has 0 N–H and O–H groups in total. The number of hydrogen-bond acceptors (Lipinski definition) is 4. The average Bonchev–Trinajstić information content (AvgIpc) is 2.29. The Bertz CT molecular complexity index is 576. The van der Waals surface area contributed by atoms with Crippen LogP contribution in [0.3, 0.4) is 0 Å². The van der Waals surface area contributed by atoms with Crippen molar-refractivity contribution in [3.05, 3.63) is 33.1 Å². The SMILES string of the molecule is O=[N+]([O-])c1cc(Cl)c(F)cc1S(=O)(=O)CCCCl. The molecule has 0 aliphatic carbocycles. The molecule has 0 saturated carbocycles. The summed E-state index contributed by atoms with van der Waals surface area (Å²) in [6.45, 7) is 0. The molecule has 0 atom stereocenters. The van der Waals surface area contributed by atoms with Crippen molar-refractivity contribution in [2.45, 2.75) is 11.3 Å². The minimum atomic E-state index is -3.96. The first kappa shape index (κ1) is 15.1. The Balaban J connectivity index is 3.39. The van der Waals surface area contributed by atoms with Crippen LogP contribution >= 0.6 is 23.2 Å². The first-order valence-electron chi connectivity index (χ1n) is 4.71. The highest BCUT2D eigenvalue weighted by Gasteiger charge is 2.27. The molecule has 1 aromatic rings. The van der Waals surface area contributed by atoms with Crippen LogP contribution in [0.4, 0.5) is 10.1 Å². The number of hydrogen-bond donors (Lipinski definition) is 0. The van der Waals surface area contributed by atoms with Crippen LogP contribution in [-0.4, -0.2) is 25.0 Å². The van der Waals surface area contributed by atoms with E-state index in [0.717, 1.165) is 0 Å². The summed E-state index contributed by atoms with van der Waals surface area (Å²) in [5.74, 6) is -1.33. The highest BCUT2D eigenvalue weighted by Crippen LogP contribution is 2.30. The van der Waals surface area contributed by atoms with Gasteiger partial charge in [0, 0.05) is 18.0 Å². The van der Waals surface area contributed by atoms with E-state index in [4.69, 9.17) is 23.2 Å². The van der Waals surface area contributed by atoms with Gasteiger partial charge in [-0.2, -0.15) is 0 Å². The van der Waals surface area contributed by atoms with E-state index in [-0.39, 0.29) is 12.3 Å². The third kappa shape index (κ3) is 3.30.